The Bertz CT molecular complexity index is 3100. The molecule has 0 atom stereocenters. The average molecular weight is 609 g/mol. The Kier molecular flexibility index (Phi) is 5.14. The lowest BCUT2D eigenvalue weighted by atomic mass is 9.97. The molecule has 11 aromatic rings. The average Bonchev–Trinajstić information content (AvgIpc) is 3.69. The quantitative estimate of drug-likeness (QED) is 0.173. The Hall–Kier alpha value is -6.38. The van der Waals surface area contributed by atoms with Gasteiger partial charge in [0, 0.05) is 38.3 Å². The fraction of sp³-hybridized carbons (Fsp3) is 0. The lowest BCUT2D eigenvalue weighted by Gasteiger charge is -2.14. The monoisotopic (exact) mass is 608 g/mol. The van der Waals surface area contributed by atoms with Gasteiger partial charge in [0.05, 0.1) is 22.1 Å². The maximum atomic E-state index is 2.51. The number of hydrogen-bond acceptors (Lipinski definition) is 0. The molecule has 0 fully saturated rings. The van der Waals surface area contributed by atoms with Gasteiger partial charge in [-0.05, 0) is 74.1 Å². The van der Waals surface area contributed by atoms with Gasteiger partial charge in [-0.3, -0.25) is 0 Å². The number of fused-ring (bicyclic) bond motifs is 15. The Morgan fingerprint density at radius 3 is 1.69 bits per heavy atom. The van der Waals surface area contributed by atoms with Gasteiger partial charge in [0.1, 0.15) is 0 Å². The second kappa shape index (κ2) is 9.57. The van der Waals surface area contributed by atoms with E-state index in [1.165, 1.54) is 98.1 Å². The third-order valence-corrected chi connectivity index (χ3v) is 10.4. The van der Waals surface area contributed by atoms with E-state index >= 15 is 0 Å². The van der Waals surface area contributed by atoms with Crippen molar-refractivity contribution in [2.45, 2.75) is 0 Å². The fourth-order valence-corrected chi connectivity index (χ4v) is 8.45. The Morgan fingerprint density at radius 1 is 0.271 bits per heavy atom. The lowest BCUT2D eigenvalue weighted by molar-refractivity contribution is 1.18. The van der Waals surface area contributed by atoms with E-state index in [2.05, 4.69) is 179 Å². The molecule has 0 spiro atoms. The smallest absolute Gasteiger partial charge is 0.0648 e. The SMILES string of the molecule is c1ccc(-n2c3ccc4ccccc4c3c3c4ccccc4c4c(c5ccccc5n4-c4ccc5c(ccc6ccccc65)c4)c32)cc1. The molecule has 0 radical (unpaired) electrons. The number of rotatable bonds is 2. The summed E-state index contributed by atoms with van der Waals surface area (Å²) in [6, 6.07) is 62.4. The number of benzene rings is 9. The van der Waals surface area contributed by atoms with Gasteiger partial charge in [-0.25, -0.2) is 0 Å². The molecule has 9 aromatic carbocycles. The van der Waals surface area contributed by atoms with Gasteiger partial charge >= 0.3 is 0 Å². The van der Waals surface area contributed by atoms with Gasteiger partial charge < -0.3 is 9.13 Å². The molecular formula is C46H28N2. The minimum atomic E-state index is 1.17. The van der Waals surface area contributed by atoms with Crippen LogP contribution in [0.1, 0.15) is 0 Å². The zero-order valence-corrected chi connectivity index (χ0v) is 26.1. The molecule has 2 heterocycles. The molecule has 2 heteroatoms. The van der Waals surface area contributed by atoms with Crippen molar-refractivity contribution in [3.05, 3.63) is 170 Å². The molecule has 0 amide bonds. The van der Waals surface area contributed by atoms with Gasteiger partial charge in [-0.2, -0.15) is 0 Å². The van der Waals surface area contributed by atoms with Crippen molar-refractivity contribution >= 4 is 86.7 Å². The van der Waals surface area contributed by atoms with Gasteiger partial charge in [-0.15, -0.1) is 0 Å². The third-order valence-electron chi connectivity index (χ3n) is 10.4. The molecule has 0 aliphatic rings. The molecule has 48 heavy (non-hydrogen) atoms. The first-order valence-corrected chi connectivity index (χ1v) is 16.6. The van der Waals surface area contributed by atoms with Crippen molar-refractivity contribution in [3.63, 3.8) is 0 Å². The predicted octanol–water partition coefficient (Wildman–Crippen LogP) is 12.5. The molecule has 0 aliphatic heterocycles. The first-order chi connectivity index (χ1) is 23.8. The summed E-state index contributed by atoms with van der Waals surface area (Å²) in [4.78, 5) is 0. The molecule has 0 saturated heterocycles. The molecule has 0 N–H and O–H groups in total. The summed E-state index contributed by atoms with van der Waals surface area (Å²) < 4.78 is 5.02. The highest BCUT2D eigenvalue weighted by Crippen LogP contribution is 2.48. The minimum Gasteiger partial charge on any atom is -0.309 e. The van der Waals surface area contributed by atoms with E-state index in [9.17, 15) is 0 Å². The Labute approximate surface area is 276 Å². The predicted molar refractivity (Wildman–Crippen MR) is 205 cm³/mol. The van der Waals surface area contributed by atoms with Crippen molar-refractivity contribution < 1.29 is 0 Å². The lowest BCUT2D eigenvalue weighted by Crippen LogP contribution is -1.96. The van der Waals surface area contributed by atoms with E-state index in [4.69, 9.17) is 0 Å². The van der Waals surface area contributed by atoms with E-state index in [0.29, 0.717) is 0 Å². The van der Waals surface area contributed by atoms with E-state index in [1.54, 1.807) is 0 Å². The van der Waals surface area contributed by atoms with Crippen LogP contribution in [-0.2, 0) is 0 Å². The highest BCUT2D eigenvalue weighted by Gasteiger charge is 2.25. The van der Waals surface area contributed by atoms with Crippen LogP contribution in [0.15, 0.2) is 170 Å². The highest BCUT2D eigenvalue weighted by atomic mass is 15.0. The van der Waals surface area contributed by atoms with Crippen LogP contribution in [0, 0.1) is 0 Å². The van der Waals surface area contributed by atoms with E-state index in [1.807, 2.05) is 0 Å². The normalized spacial score (nSPS) is 12.2. The number of hydrogen-bond donors (Lipinski definition) is 0. The van der Waals surface area contributed by atoms with Crippen molar-refractivity contribution in [1.29, 1.82) is 0 Å². The maximum absolute atomic E-state index is 2.51. The zero-order chi connectivity index (χ0) is 31.3. The first kappa shape index (κ1) is 25.8. The van der Waals surface area contributed by atoms with E-state index in [-0.39, 0.29) is 0 Å². The minimum absolute atomic E-state index is 1.17. The Balaban J connectivity index is 1.40. The molecule has 0 aliphatic carbocycles. The van der Waals surface area contributed by atoms with Crippen molar-refractivity contribution in [2.75, 3.05) is 0 Å². The fourth-order valence-electron chi connectivity index (χ4n) is 8.45. The van der Waals surface area contributed by atoms with Crippen LogP contribution >= 0.6 is 0 Å². The van der Waals surface area contributed by atoms with Crippen LogP contribution < -0.4 is 0 Å². The van der Waals surface area contributed by atoms with Gasteiger partial charge in [0.2, 0.25) is 0 Å². The Morgan fingerprint density at radius 2 is 0.854 bits per heavy atom. The molecular weight excluding hydrogens is 581 g/mol. The second-order valence-corrected chi connectivity index (χ2v) is 12.9. The summed E-state index contributed by atoms with van der Waals surface area (Å²) in [7, 11) is 0. The molecule has 0 unspecified atom stereocenters. The summed E-state index contributed by atoms with van der Waals surface area (Å²) in [6.07, 6.45) is 0. The van der Waals surface area contributed by atoms with Gasteiger partial charge in [-0.1, -0.05) is 133 Å². The van der Waals surface area contributed by atoms with Crippen molar-refractivity contribution in [3.8, 4) is 11.4 Å². The largest absolute Gasteiger partial charge is 0.309 e. The first-order valence-electron chi connectivity index (χ1n) is 16.6. The third kappa shape index (κ3) is 3.36. The van der Waals surface area contributed by atoms with Crippen molar-refractivity contribution in [2.24, 2.45) is 0 Å². The standard InChI is InChI=1S/C46H28N2/c1-2-14-32(15-3-1)47-41-27-24-30-13-5-7-17-36(30)42(41)43-37-18-8-9-19-38(37)45-44(46(43)47)39-20-10-11-21-40(39)48(45)33-25-26-35-31(28-33)23-22-29-12-4-6-16-34(29)35/h1-28H. The topological polar surface area (TPSA) is 9.86 Å². The van der Waals surface area contributed by atoms with Crippen LogP contribution in [0.25, 0.3) is 98.1 Å². The summed E-state index contributed by atoms with van der Waals surface area (Å²) in [5.41, 5.74) is 7.26. The highest BCUT2D eigenvalue weighted by molar-refractivity contribution is 6.39. The maximum Gasteiger partial charge on any atom is 0.0648 e. The van der Waals surface area contributed by atoms with Crippen LogP contribution in [0.4, 0.5) is 0 Å². The van der Waals surface area contributed by atoms with Crippen molar-refractivity contribution in [1.82, 2.24) is 9.13 Å². The zero-order valence-electron chi connectivity index (χ0n) is 26.1. The summed E-state index contributed by atoms with van der Waals surface area (Å²) in [5.74, 6) is 0. The number of nitrogens with zero attached hydrogens (tertiary/aromatic N) is 2. The summed E-state index contributed by atoms with van der Waals surface area (Å²) in [5, 5.41) is 15.3. The van der Waals surface area contributed by atoms with Crippen LogP contribution in [-0.4, -0.2) is 9.13 Å². The van der Waals surface area contributed by atoms with Crippen LogP contribution in [0.2, 0.25) is 0 Å². The molecule has 0 bridgehead atoms. The summed E-state index contributed by atoms with van der Waals surface area (Å²) >= 11 is 0. The van der Waals surface area contributed by atoms with Gasteiger partial charge in [0.25, 0.3) is 0 Å². The number of aromatic nitrogens is 2. The van der Waals surface area contributed by atoms with E-state index in [0.717, 1.165) is 0 Å². The molecule has 0 saturated carbocycles. The van der Waals surface area contributed by atoms with Crippen LogP contribution in [0.3, 0.4) is 0 Å². The molecule has 2 aromatic heterocycles. The van der Waals surface area contributed by atoms with Gasteiger partial charge in [0.15, 0.2) is 0 Å². The second-order valence-electron chi connectivity index (χ2n) is 12.9. The summed E-state index contributed by atoms with van der Waals surface area (Å²) in [6.45, 7) is 0. The molecule has 11 rings (SSSR count). The number of para-hydroxylation sites is 2. The molecule has 2 nitrogen and oxygen atoms in total. The van der Waals surface area contributed by atoms with Crippen LogP contribution in [0.5, 0.6) is 0 Å². The molecule has 222 valence electrons. The van der Waals surface area contributed by atoms with E-state index < -0.39 is 0 Å².